The minimum absolute atomic E-state index is 1.32. The number of benzene rings is 1. The summed E-state index contributed by atoms with van der Waals surface area (Å²) >= 11 is 0. The van der Waals surface area contributed by atoms with Crippen LogP contribution in [-0.2, 0) is 0 Å². The third kappa shape index (κ3) is 19.2. The first kappa shape index (κ1) is 22.2. The fraction of sp³-hybridized carbons (Fsp3) is 0.739. The van der Waals surface area contributed by atoms with Crippen molar-refractivity contribution in [1.29, 1.82) is 0 Å². The molecule has 134 valence electrons. The molecule has 0 radical (unpaired) electrons. The van der Waals surface area contributed by atoms with Gasteiger partial charge in [-0.25, -0.2) is 0 Å². The Morgan fingerprint density at radius 3 is 1.00 bits per heavy atom. The summed E-state index contributed by atoms with van der Waals surface area (Å²) in [5.74, 6) is 0. The number of hydrogen-bond acceptors (Lipinski definition) is 0. The quantitative estimate of drug-likeness (QED) is 0.320. The van der Waals surface area contributed by atoms with E-state index in [1.54, 1.807) is 0 Å². The topological polar surface area (TPSA) is 0 Å². The van der Waals surface area contributed by atoms with Gasteiger partial charge in [0.2, 0.25) is 0 Å². The summed E-state index contributed by atoms with van der Waals surface area (Å²) in [7, 11) is 0. The molecule has 1 rings (SSSR count). The molecule has 0 aromatic heterocycles. The largest absolute Gasteiger partial charge is 0.0654 e. The Kier molecular flexibility index (Phi) is 18.6. The maximum absolute atomic E-state index is 2.29. The second-order valence-corrected chi connectivity index (χ2v) is 6.90. The second-order valence-electron chi connectivity index (χ2n) is 6.90. The summed E-state index contributed by atoms with van der Waals surface area (Å²) < 4.78 is 0. The molecule has 0 spiro atoms. The average Bonchev–Trinajstić information content (AvgIpc) is 2.57. The lowest BCUT2D eigenvalue weighted by Gasteiger charge is -2.02. The molecule has 0 heteroatoms. The Bertz CT molecular complexity index is 287. The first-order valence-electron chi connectivity index (χ1n) is 10.3. The van der Waals surface area contributed by atoms with Crippen LogP contribution in [-0.4, -0.2) is 0 Å². The van der Waals surface area contributed by atoms with Gasteiger partial charge in [0.1, 0.15) is 0 Å². The van der Waals surface area contributed by atoms with E-state index in [1.165, 1.54) is 95.5 Å². The van der Waals surface area contributed by atoms with E-state index in [-0.39, 0.29) is 0 Å². The molecule has 0 unspecified atom stereocenters. The van der Waals surface area contributed by atoms with E-state index in [1.807, 2.05) is 18.2 Å². The average molecular weight is 319 g/mol. The molecule has 0 saturated heterocycles. The highest BCUT2D eigenvalue weighted by molar-refractivity contribution is 5.11. The van der Waals surface area contributed by atoms with Gasteiger partial charge >= 0.3 is 0 Å². The Balaban J connectivity index is 0.000000568. The maximum atomic E-state index is 2.29. The zero-order valence-electron chi connectivity index (χ0n) is 16.3. The summed E-state index contributed by atoms with van der Waals surface area (Å²) in [6, 6.07) is 10.3. The van der Waals surface area contributed by atoms with E-state index < -0.39 is 0 Å². The van der Waals surface area contributed by atoms with Gasteiger partial charge in [-0.2, -0.15) is 0 Å². The van der Waals surface area contributed by atoms with E-state index in [2.05, 4.69) is 32.9 Å². The molecular weight excluding hydrogens is 276 g/mol. The number of hydrogen-bond donors (Lipinski definition) is 0. The molecule has 0 aliphatic heterocycles. The molecule has 0 amide bonds. The molecule has 1 aromatic rings. The highest BCUT2D eigenvalue weighted by Gasteiger charge is 1.92. The van der Waals surface area contributed by atoms with Gasteiger partial charge in [0.15, 0.2) is 0 Å². The normalized spacial score (nSPS) is 10.2. The first-order chi connectivity index (χ1) is 11.3. The molecule has 0 saturated carbocycles. The Morgan fingerprint density at radius 2 is 0.783 bits per heavy atom. The van der Waals surface area contributed by atoms with Gasteiger partial charge in [-0.05, 0) is 6.92 Å². The maximum Gasteiger partial charge on any atom is -0.0398 e. The van der Waals surface area contributed by atoms with E-state index in [0.717, 1.165) is 0 Å². The summed E-state index contributed by atoms with van der Waals surface area (Å²) in [4.78, 5) is 0. The van der Waals surface area contributed by atoms with Gasteiger partial charge in [0, 0.05) is 0 Å². The van der Waals surface area contributed by atoms with Crippen molar-refractivity contribution in [2.45, 2.75) is 111 Å². The zero-order chi connectivity index (χ0) is 17.0. The summed E-state index contributed by atoms with van der Waals surface area (Å²) in [6.07, 6.45) is 20.4. The number of aryl methyl sites for hydroxylation is 1. The standard InChI is InChI=1S/C16H34.C7H8/c1-3-5-7-9-11-13-15-16-14-12-10-8-6-4-2;1-7-5-3-2-4-6-7/h3-16H2,1-2H3;2-6H,1H3. The fourth-order valence-corrected chi connectivity index (χ4v) is 2.80. The summed E-state index contributed by atoms with van der Waals surface area (Å²) in [5.41, 5.74) is 1.32. The minimum atomic E-state index is 1.32. The lowest BCUT2D eigenvalue weighted by Crippen LogP contribution is -1.82. The van der Waals surface area contributed by atoms with Gasteiger partial charge in [-0.3, -0.25) is 0 Å². The zero-order valence-corrected chi connectivity index (χ0v) is 16.3. The third-order valence-electron chi connectivity index (χ3n) is 4.40. The lowest BCUT2D eigenvalue weighted by atomic mass is 10.0. The van der Waals surface area contributed by atoms with Crippen LogP contribution in [0.15, 0.2) is 30.3 Å². The predicted molar refractivity (Wildman–Crippen MR) is 107 cm³/mol. The van der Waals surface area contributed by atoms with Gasteiger partial charge in [-0.15, -0.1) is 0 Å². The van der Waals surface area contributed by atoms with Crippen molar-refractivity contribution < 1.29 is 0 Å². The SMILES string of the molecule is CCCCCCCCCCCCCCCC.Cc1ccccc1. The van der Waals surface area contributed by atoms with E-state index in [9.17, 15) is 0 Å². The molecule has 1 aromatic carbocycles. The number of unbranched alkanes of at least 4 members (excludes halogenated alkanes) is 13. The molecular formula is C23H42. The molecule has 0 bridgehead atoms. The van der Waals surface area contributed by atoms with Crippen LogP contribution in [0.3, 0.4) is 0 Å². The van der Waals surface area contributed by atoms with Crippen molar-refractivity contribution in [3.8, 4) is 0 Å². The molecule has 0 aliphatic rings. The van der Waals surface area contributed by atoms with Crippen LogP contribution in [0.5, 0.6) is 0 Å². The second kappa shape index (κ2) is 19.3. The van der Waals surface area contributed by atoms with Crippen molar-refractivity contribution in [1.82, 2.24) is 0 Å². The van der Waals surface area contributed by atoms with E-state index in [0.29, 0.717) is 0 Å². The Hall–Kier alpha value is -0.780. The highest BCUT2D eigenvalue weighted by atomic mass is 14.0. The molecule has 0 aliphatic carbocycles. The van der Waals surface area contributed by atoms with Crippen molar-refractivity contribution in [2.24, 2.45) is 0 Å². The first-order valence-corrected chi connectivity index (χ1v) is 10.3. The predicted octanol–water partition coefficient (Wildman–Crippen LogP) is 8.48. The molecule has 0 N–H and O–H groups in total. The van der Waals surface area contributed by atoms with Crippen LogP contribution >= 0.6 is 0 Å². The monoisotopic (exact) mass is 318 g/mol. The molecule has 0 nitrogen and oxygen atoms in total. The van der Waals surface area contributed by atoms with Crippen LogP contribution in [0.2, 0.25) is 0 Å². The third-order valence-corrected chi connectivity index (χ3v) is 4.40. The van der Waals surface area contributed by atoms with Crippen LogP contribution in [0, 0.1) is 6.92 Å². The minimum Gasteiger partial charge on any atom is -0.0654 e. The van der Waals surface area contributed by atoms with E-state index in [4.69, 9.17) is 0 Å². The van der Waals surface area contributed by atoms with Gasteiger partial charge in [0.25, 0.3) is 0 Å². The number of rotatable bonds is 13. The van der Waals surface area contributed by atoms with Gasteiger partial charge in [-0.1, -0.05) is 140 Å². The van der Waals surface area contributed by atoms with Crippen LogP contribution in [0.1, 0.15) is 109 Å². The Labute approximate surface area is 147 Å². The summed E-state index contributed by atoms with van der Waals surface area (Å²) in [6.45, 7) is 6.66. The van der Waals surface area contributed by atoms with Gasteiger partial charge < -0.3 is 0 Å². The van der Waals surface area contributed by atoms with Crippen LogP contribution < -0.4 is 0 Å². The molecule has 0 heterocycles. The fourth-order valence-electron chi connectivity index (χ4n) is 2.80. The van der Waals surface area contributed by atoms with E-state index >= 15 is 0 Å². The van der Waals surface area contributed by atoms with Crippen molar-refractivity contribution in [3.63, 3.8) is 0 Å². The van der Waals surface area contributed by atoms with Crippen LogP contribution in [0.25, 0.3) is 0 Å². The molecule has 23 heavy (non-hydrogen) atoms. The van der Waals surface area contributed by atoms with Crippen LogP contribution in [0.4, 0.5) is 0 Å². The van der Waals surface area contributed by atoms with Crippen molar-refractivity contribution in [2.75, 3.05) is 0 Å². The summed E-state index contributed by atoms with van der Waals surface area (Å²) in [5, 5.41) is 0. The van der Waals surface area contributed by atoms with Gasteiger partial charge in [0.05, 0.1) is 0 Å². The smallest absolute Gasteiger partial charge is 0.0398 e. The highest BCUT2D eigenvalue weighted by Crippen LogP contribution is 2.12. The lowest BCUT2D eigenvalue weighted by molar-refractivity contribution is 0.538. The van der Waals surface area contributed by atoms with Crippen molar-refractivity contribution in [3.05, 3.63) is 35.9 Å². The molecule has 0 fully saturated rings. The van der Waals surface area contributed by atoms with Crippen molar-refractivity contribution >= 4 is 0 Å². The molecule has 0 atom stereocenters. The Morgan fingerprint density at radius 1 is 0.478 bits per heavy atom.